The van der Waals surface area contributed by atoms with E-state index < -0.39 is 5.91 Å². The molecule has 0 fully saturated rings. The van der Waals surface area contributed by atoms with Gasteiger partial charge in [0, 0.05) is 5.56 Å². The Morgan fingerprint density at radius 1 is 1.21 bits per heavy atom. The van der Waals surface area contributed by atoms with Gasteiger partial charge >= 0.3 is 0 Å². The summed E-state index contributed by atoms with van der Waals surface area (Å²) in [5.74, 6) is 0.651. The Labute approximate surface area is 167 Å². The first-order chi connectivity index (χ1) is 13.5. The van der Waals surface area contributed by atoms with Crippen molar-refractivity contribution in [2.45, 2.75) is 12.3 Å². The highest BCUT2D eigenvalue weighted by Crippen LogP contribution is 2.24. The van der Waals surface area contributed by atoms with Gasteiger partial charge in [-0.3, -0.25) is 14.3 Å². The van der Waals surface area contributed by atoms with Crippen LogP contribution in [0.15, 0.2) is 61.2 Å². The highest BCUT2D eigenvalue weighted by Gasteiger charge is 2.12. The van der Waals surface area contributed by atoms with E-state index >= 15 is 0 Å². The molecule has 28 heavy (non-hydrogen) atoms. The summed E-state index contributed by atoms with van der Waals surface area (Å²) in [4.78, 5) is 24.7. The molecule has 0 saturated carbocycles. The van der Waals surface area contributed by atoms with Crippen LogP contribution in [0.2, 0.25) is 0 Å². The van der Waals surface area contributed by atoms with Crippen LogP contribution in [0.3, 0.4) is 0 Å². The largest absolute Gasteiger partial charge is 0.366 e. The first-order valence-corrected chi connectivity index (χ1v) is 9.13. The summed E-state index contributed by atoms with van der Waals surface area (Å²) in [6.45, 7) is 2.04. The van der Waals surface area contributed by atoms with Gasteiger partial charge < -0.3 is 11.1 Å². The van der Waals surface area contributed by atoms with Crippen molar-refractivity contribution < 1.29 is 4.79 Å². The van der Waals surface area contributed by atoms with Crippen molar-refractivity contribution in [3.05, 3.63) is 77.9 Å². The van der Waals surface area contributed by atoms with Crippen LogP contribution in [0.4, 0.5) is 5.82 Å². The van der Waals surface area contributed by atoms with Gasteiger partial charge in [-0.25, -0.2) is 9.97 Å². The van der Waals surface area contributed by atoms with Crippen LogP contribution >= 0.6 is 12.6 Å². The average molecular weight is 390 g/mol. The number of aromatic nitrogens is 4. The van der Waals surface area contributed by atoms with E-state index in [-0.39, 0.29) is 5.37 Å². The molecule has 7 nitrogen and oxygen atoms in total. The molecule has 4 aromatic rings. The average Bonchev–Trinajstić information content (AvgIpc) is 3.11. The Bertz CT molecular complexity index is 1170. The predicted octanol–water partition coefficient (Wildman–Crippen LogP) is 3.26. The van der Waals surface area contributed by atoms with Crippen molar-refractivity contribution in [2.75, 3.05) is 5.32 Å². The van der Waals surface area contributed by atoms with E-state index in [4.69, 9.17) is 5.73 Å². The van der Waals surface area contributed by atoms with Crippen molar-refractivity contribution >= 4 is 35.4 Å². The topological polar surface area (TPSA) is 98.7 Å². The zero-order valence-corrected chi connectivity index (χ0v) is 16.0. The van der Waals surface area contributed by atoms with E-state index in [1.807, 2.05) is 25.1 Å². The molecule has 1 atom stereocenters. The Morgan fingerprint density at radius 3 is 2.86 bits per heavy atom. The van der Waals surface area contributed by atoms with Crippen LogP contribution in [-0.4, -0.2) is 25.4 Å². The molecule has 1 unspecified atom stereocenters. The van der Waals surface area contributed by atoms with E-state index in [0.29, 0.717) is 17.2 Å². The summed E-state index contributed by atoms with van der Waals surface area (Å²) in [5.41, 5.74) is 9.46. The second kappa shape index (κ2) is 7.32. The first kappa shape index (κ1) is 18.0. The quantitative estimate of drug-likeness (QED) is 0.359. The molecule has 0 spiro atoms. The van der Waals surface area contributed by atoms with E-state index in [9.17, 15) is 4.79 Å². The Morgan fingerprint density at radius 2 is 2.07 bits per heavy atom. The lowest BCUT2D eigenvalue weighted by atomic mass is 10.1. The van der Waals surface area contributed by atoms with Crippen LogP contribution in [0.5, 0.6) is 0 Å². The molecule has 2 aromatic heterocycles. The monoisotopic (exact) mass is 390 g/mol. The Balaban J connectivity index is 1.66. The molecule has 3 N–H and O–H groups in total. The molecule has 2 heterocycles. The smallest absolute Gasteiger partial charge is 0.248 e. The number of thiol groups is 1. The van der Waals surface area contributed by atoms with Gasteiger partial charge in [0.25, 0.3) is 0 Å². The zero-order chi connectivity index (χ0) is 19.7. The second-order valence-corrected chi connectivity index (χ2v) is 6.92. The predicted molar refractivity (Wildman–Crippen MR) is 112 cm³/mol. The maximum absolute atomic E-state index is 11.5. The fourth-order valence-corrected chi connectivity index (χ4v) is 3.24. The fraction of sp³-hybridized carbons (Fsp3) is 0.100. The molecular weight excluding hydrogens is 372 g/mol. The number of aryl methyl sites for hydroxylation is 1. The minimum atomic E-state index is -0.493. The molecule has 0 saturated heterocycles. The maximum Gasteiger partial charge on any atom is 0.248 e. The highest BCUT2D eigenvalue weighted by atomic mass is 32.1. The number of anilines is 1. The first-order valence-electron chi connectivity index (χ1n) is 8.62. The molecule has 2 aromatic carbocycles. The number of nitrogens with zero attached hydrogens (tertiary/aromatic N) is 4. The number of benzene rings is 2. The zero-order valence-electron chi connectivity index (χ0n) is 15.1. The molecule has 0 radical (unpaired) electrons. The lowest BCUT2D eigenvalue weighted by Gasteiger charge is -2.15. The highest BCUT2D eigenvalue weighted by molar-refractivity contribution is 7.80. The van der Waals surface area contributed by atoms with Crippen molar-refractivity contribution in [3.8, 4) is 5.82 Å². The summed E-state index contributed by atoms with van der Waals surface area (Å²) in [7, 11) is 0. The summed E-state index contributed by atoms with van der Waals surface area (Å²) in [6.07, 6.45) is 4.90. The van der Waals surface area contributed by atoms with Crippen molar-refractivity contribution in [1.82, 2.24) is 19.5 Å². The van der Waals surface area contributed by atoms with Gasteiger partial charge in [-0.1, -0.05) is 29.8 Å². The number of carbonyl (C=O) groups excluding carboxylic acids is 1. The number of nitrogens with two attached hydrogens (primary N) is 1. The van der Waals surface area contributed by atoms with Crippen LogP contribution < -0.4 is 11.1 Å². The number of fused-ring (bicyclic) bond motifs is 1. The van der Waals surface area contributed by atoms with Gasteiger partial charge in [-0.15, -0.1) is 12.6 Å². The number of rotatable bonds is 5. The van der Waals surface area contributed by atoms with Crippen LogP contribution in [0.1, 0.15) is 26.9 Å². The Kier molecular flexibility index (Phi) is 4.70. The van der Waals surface area contributed by atoms with Crippen molar-refractivity contribution in [1.29, 1.82) is 0 Å². The van der Waals surface area contributed by atoms with Crippen LogP contribution in [-0.2, 0) is 0 Å². The minimum Gasteiger partial charge on any atom is -0.366 e. The van der Waals surface area contributed by atoms with Gasteiger partial charge in [-0.05, 0) is 30.7 Å². The Hall–Kier alpha value is -3.39. The fourth-order valence-electron chi connectivity index (χ4n) is 2.95. The standard InChI is InChI=1S/C20H18N6OS/c1-12-3-2-4-14(7-12)20(28)25-17-9-22-10-18(24-17)26-11-23-15-6-5-13(19(21)27)8-16(15)26/h2-11,20,28H,1H3,(H2,21,27)(H,24,25). The van der Waals surface area contributed by atoms with Gasteiger partial charge in [0.15, 0.2) is 5.82 Å². The van der Waals surface area contributed by atoms with Crippen molar-refractivity contribution in [3.63, 3.8) is 0 Å². The number of hydrogen-bond acceptors (Lipinski definition) is 6. The van der Waals surface area contributed by atoms with Gasteiger partial charge in [0.2, 0.25) is 5.91 Å². The van der Waals surface area contributed by atoms with Gasteiger partial charge in [-0.2, -0.15) is 0 Å². The number of imidazole rings is 1. The number of amides is 1. The third-order valence-electron chi connectivity index (χ3n) is 4.34. The maximum atomic E-state index is 11.5. The van der Waals surface area contributed by atoms with Crippen molar-refractivity contribution in [2.24, 2.45) is 5.73 Å². The number of hydrogen-bond donors (Lipinski definition) is 3. The lowest BCUT2D eigenvalue weighted by molar-refractivity contribution is 0.100. The summed E-state index contributed by atoms with van der Waals surface area (Å²) in [5, 5.41) is 3.02. The third-order valence-corrected chi connectivity index (χ3v) is 4.77. The number of primary amides is 1. The van der Waals surface area contributed by atoms with Gasteiger partial charge in [0.1, 0.15) is 12.1 Å². The third kappa shape index (κ3) is 3.54. The molecular formula is C20H18N6OS. The van der Waals surface area contributed by atoms with E-state index in [2.05, 4.69) is 39.0 Å². The van der Waals surface area contributed by atoms with Crippen LogP contribution in [0.25, 0.3) is 16.9 Å². The molecule has 4 rings (SSSR count). The number of carbonyl (C=O) groups is 1. The molecule has 0 bridgehead atoms. The second-order valence-electron chi connectivity index (χ2n) is 6.41. The lowest BCUT2D eigenvalue weighted by Crippen LogP contribution is -2.11. The normalized spacial score (nSPS) is 12.1. The molecule has 0 aliphatic carbocycles. The van der Waals surface area contributed by atoms with E-state index in [1.165, 1.54) is 0 Å². The molecule has 0 aliphatic heterocycles. The van der Waals surface area contributed by atoms with E-state index in [0.717, 1.165) is 22.2 Å². The summed E-state index contributed by atoms with van der Waals surface area (Å²) < 4.78 is 1.76. The number of nitrogens with one attached hydrogen (secondary N) is 1. The molecule has 0 aliphatic rings. The van der Waals surface area contributed by atoms with Gasteiger partial charge in [0.05, 0.1) is 28.8 Å². The van der Waals surface area contributed by atoms with Crippen LogP contribution in [0, 0.1) is 6.92 Å². The summed E-state index contributed by atoms with van der Waals surface area (Å²) in [6, 6.07) is 13.2. The SMILES string of the molecule is Cc1cccc(C(S)Nc2cncc(-n3cnc4ccc(C(N)=O)cc43)n2)c1. The molecule has 1 amide bonds. The summed E-state index contributed by atoms with van der Waals surface area (Å²) >= 11 is 4.63. The minimum absolute atomic E-state index is 0.231. The molecule has 8 heteroatoms. The molecule has 140 valence electrons. The van der Waals surface area contributed by atoms with E-state index in [1.54, 1.807) is 41.5 Å².